The summed E-state index contributed by atoms with van der Waals surface area (Å²) in [5.74, 6) is -1.31. The van der Waals surface area contributed by atoms with Crippen molar-refractivity contribution in [3.05, 3.63) is 39.4 Å². The highest BCUT2D eigenvalue weighted by Gasteiger charge is 2.21. The second kappa shape index (κ2) is 7.19. The highest BCUT2D eigenvalue weighted by atomic mass is 16.6. The number of hydrogen-bond donors (Lipinski definition) is 2. The Hall–Kier alpha value is -2.48. The van der Waals surface area contributed by atoms with Crippen molar-refractivity contribution in [1.82, 2.24) is 5.32 Å². The second-order valence-electron chi connectivity index (χ2n) is 3.86. The van der Waals surface area contributed by atoms with Crippen molar-refractivity contribution in [2.24, 2.45) is 0 Å². The number of carbonyl (C=O) groups excluding carboxylic acids is 2. The standard InChI is InChI=1S/C12H14N2O6/c1-20-12(17)9-6-8(2-3-10(9)14(18)19)4-5-13-11(16)7-15/h2-3,6,15H,4-5,7H2,1H3,(H,13,16). The first-order valence-corrected chi connectivity index (χ1v) is 5.72. The molecular weight excluding hydrogens is 268 g/mol. The van der Waals surface area contributed by atoms with Gasteiger partial charge in [0, 0.05) is 12.6 Å². The summed E-state index contributed by atoms with van der Waals surface area (Å²) < 4.78 is 4.50. The zero-order valence-corrected chi connectivity index (χ0v) is 10.8. The Morgan fingerprint density at radius 3 is 2.70 bits per heavy atom. The minimum absolute atomic E-state index is 0.136. The molecule has 8 nitrogen and oxygen atoms in total. The molecule has 0 aliphatic heterocycles. The van der Waals surface area contributed by atoms with Crippen LogP contribution in [0.1, 0.15) is 15.9 Å². The van der Waals surface area contributed by atoms with Gasteiger partial charge in [-0.2, -0.15) is 0 Å². The number of ether oxygens (including phenoxy) is 1. The summed E-state index contributed by atoms with van der Waals surface area (Å²) in [6.45, 7) is -0.356. The Morgan fingerprint density at radius 2 is 2.15 bits per heavy atom. The van der Waals surface area contributed by atoms with E-state index < -0.39 is 23.4 Å². The van der Waals surface area contributed by atoms with Crippen LogP contribution in [0.5, 0.6) is 0 Å². The molecule has 2 N–H and O–H groups in total. The molecule has 1 aromatic rings. The third-order valence-electron chi connectivity index (χ3n) is 2.54. The molecule has 1 rings (SSSR count). The van der Waals surface area contributed by atoms with Crippen LogP contribution in [-0.2, 0) is 16.0 Å². The van der Waals surface area contributed by atoms with Gasteiger partial charge in [0.05, 0.1) is 12.0 Å². The summed E-state index contributed by atoms with van der Waals surface area (Å²) in [7, 11) is 1.14. The average Bonchev–Trinajstić information content (AvgIpc) is 2.45. The summed E-state index contributed by atoms with van der Waals surface area (Å²) in [5, 5.41) is 21.8. The molecule has 0 unspecified atom stereocenters. The summed E-state index contributed by atoms with van der Waals surface area (Å²) >= 11 is 0. The van der Waals surface area contributed by atoms with E-state index in [-0.39, 0.29) is 17.8 Å². The Labute approximate surface area is 114 Å². The Balaban J connectivity index is 2.87. The highest BCUT2D eigenvalue weighted by molar-refractivity contribution is 5.94. The Morgan fingerprint density at radius 1 is 1.45 bits per heavy atom. The van der Waals surface area contributed by atoms with Crippen molar-refractivity contribution < 1.29 is 24.4 Å². The number of nitrogens with zero attached hydrogens (tertiary/aromatic N) is 1. The number of nitro groups is 1. The molecule has 0 heterocycles. The number of nitrogens with one attached hydrogen (secondary N) is 1. The Bertz CT molecular complexity index is 529. The second-order valence-corrected chi connectivity index (χ2v) is 3.86. The van der Waals surface area contributed by atoms with Crippen LogP contribution >= 0.6 is 0 Å². The molecule has 108 valence electrons. The van der Waals surface area contributed by atoms with Crippen LogP contribution in [0, 0.1) is 10.1 Å². The first-order valence-electron chi connectivity index (χ1n) is 5.72. The van der Waals surface area contributed by atoms with Crippen LogP contribution < -0.4 is 5.32 Å². The normalized spacial score (nSPS) is 9.90. The van der Waals surface area contributed by atoms with E-state index in [9.17, 15) is 19.7 Å². The zero-order chi connectivity index (χ0) is 15.1. The summed E-state index contributed by atoms with van der Waals surface area (Å²) in [5.41, 5.74) is 0.165. The van der Waals surface area contributed by atoms with E-state index in [1.807, 2.05) is 0 Å². The fraction of sp³-hybridized carbons (Fsp3) is 0.333. The lowest BCUT2D eigenvalue weighted by Crippen LogP contribution is -2.28. The van der Waals surface area contributed by atoms with Gasteiger partial charge < -0.3 is 15.2 Å². The Kier molecular flexibility index (Phi) is 5.60. The SMILES string of the molecule is COC(=O)c1cc(CCNC(=O)CO)ccc1[N+](=O)[O-]. The van der Waals surface area contributed by atoms with Gasteiger partial charge in [0.25, 0.3) is 5.69 Å². The molecule has 0 spiro atoms. The number of aliphatic hydroxyl groups is 1. The molecule has 0 aliphatic rings. The first-order chi connectivity index (χ1) is 9.49. The summed E-state index contributed by atoms with van der Waals surface area (Å²) in [6, 6.07) is 4.07. The van der Waals surface area contributed by atoms with Crippen molar-refractivity contribution in [2.45, 2.75) is 6.42 Å². The van der Waals surface area contributed by atoms with Crippen LogP contribution in [0.15, 0.2) is 18.2 Å². The van der Waals surface area contributed by atoms with E-state index >= 15 is 0 Å². The van der Waals surface area contributed by atoms with Crippen molar-refractivity contribution in [2.75, 3.05) is 20.3 Å². The molecule has 0 atom stereocenters. The fourth-order valence-corrected chi connectivity index (χ4v) is 1.57. The maximum Gasteiger partial charge on any atom is 0.344 e. The van der Waals surface area contributed by atoms with E-state index in [1.54, 1.807) is 0 Å². The molecule has 0 fully saturated rings. The summed E-state index contributed by atoms with van der Waals surface area (Å²) in [4.78, 5) is 32.5. The number of carbonyl (C=O) groups is 2. The van der Waals surface area contributed by atoms with Gasteiger partial charge in [0.2, 0.25) is 5.91 Å². The average molecular weight is 282 g/mol. The van der Waals surface area contributed by atoms with Crippen molar-refractivity contribution in [3.8, 4) is 0 Å². The minimum Gasteiger partial charge on any atom is -0.465 e. The quantitative estimate of drug-likeness (QED) is 0.431. The smallest absolute Gasteiger partial charge is 0.344 e. The summed E-state index contributed by atoms with van der Waals surface area (Å²) in [6.07, 6.45) is 0.369. The maximum absolute atomic E-state index is 11.5. The predicted molar refractivity (Wildman–Crippen MR) is 68.2 cm³/mol. The lowest BCUT2D eigenvalue weighted by molar-refractivity contribution is -0.385. The third kappa shape index (κ3) is 4.02. The number of amides is 1. The molecule has 1 aromatic carbocycles. The molecular formula is C12H14N2O6. The number of benzene rings is 1. The molecule has 0 aromatic heterocycles. The van der Waals surface area contributed by atoms with Crippen molar-refractivity contribution in [3.63, 3.8) is 0 Å². The van der Waals surface area contributed by atoms with Crippen molar-refractivity contribution >= 4 is 17.6 Å². The molecule has 20 heavy (non-hydrogen) atoms. The van der Waals surface area contributed by atoms with E-state index in [0.29, 0.717) is 12.0 Å². The molecule has 1 amide bonds. The molecule has 0 bridgehead atoms. The van der Waals surface area contributed by atoms with E-state index in [4.69, 9.17) is 5.11 Å². The van der Waals surface area contributed by atoms with Gasteiger partial charge in [-0.25, -0.2) is 4.79 Å². The number of rotatable bonds is 6. The van der Waals surface area contributed by atoms with Crippen molar-refractivity contribution in [1.29, 1.82) is 0 Å². The maximum atomic E-state index is 11.5. The fourth-order valence-electron chi connectivity index (χ4n) is 1.57. The van der Waals surface area contributed by atoms with E-state index in [2.05, 4.69) is 10.1 Å². The minimum atomic E-state index is -0.794. The highest BCUT2D eigenvalue weighted by Crippen LogP contribution is 2.21. The molecule has 0 aliphatic carbocycles. The largest absolute Gasteiger partial charge is 0.465 e. The predicted octanol–water partition coefficient (Wildman–Crippen LogP) is 0.0324. The van der Waals surface area contributed by atoms with Gasteiger partial charge in [0.15, 0.2) is 0 Å². The number of methoxy groups -OCH3 is 1. The molecule has 0 radical (unpaired) electrons. The lowest BCUT2D eigenvalue weighted by Gasteiger charge is -2.06. The number of aliphatic hydroxyl groups excluding tert-OH is 1. The van der Waals surface area contributed by atoms with E-state index in [0.717, 1.165) is 7.11 Å². The van der Waals surface area contributed by atoms with Crippen LogP contribution in [0.3, 0.4) is 0 Å². The van der Waals surface area contributed by atoms with Gasteiger partial charge in [-0.05, 0) is 18.1 Å². The zero-order valence-electron chi connectivity index (χ0n) is 10.8. The van der Waals surface area contributed by atoms with Gasteiger partial charge >= 0.3 is 5.97 Å². The third-order valence-corrected chi connectivity index (χ3v) is 2.54. The van der Waals surface area contributed by atoms with Gasteiger partial charge in [-0.15, -0.1) is 0 Å². The molecule has 0 saturated carbocycles. The topological polar surface area (TPSA) is 119 Å². The monoisotopic (exact) mass is 282 g/mol. The van der Waals surface area contributed by atoms with Gasteiger partial charge in [0.1, 0.15) is 12.2 Å². The van der Waals surface area contributed by atoms with E-state index in [1.165, 1.54) is 18.2 Å². The number of hydrogen-bond acceptors (Lipinski definition) is 6. The van der Waals surface area contributed by atoms with Crippen LogP contribution in [0.2, 0.25) is 0 Å². The molecule has 8 heteroatoms. The molecule has 0 saturated heterocycles. The van der Waals surface area contributed by atoms with Crippen LogP contribution in [-0.4, -0.2) is 42.2 Å². The van der Waals surface area contributed by atoms with Gasteiger partial charge in [-0.3, -0.25) is 14.9 Å². The van der Waals surface area contributed by atoms with Gasteiger partial charge in [-0.1, -0.05) is 6.07 Å². The van der Waals surface area contributed by atoms with Crippen LogP contribution in [0.4, 0.5) is 5.69 Å². The lowest BCUT2D eigenvalue weighted by atomic mass is 10.1. The number of nitro benzene ring substituents is 1. The first kappa shape index (κ1) is 15.6. The number of esters is 1. The van der Waals surface area contributed by atoms with Crippen LogP contribution in [0.25, 0.3) is 0 Å².